The van der Waals surface area contributed by atoms with Crippen molar-refractivity contribution in [1.29, 1.82) is 0 Å². The Morgan fingerprint density at radius 3 is 0.942 bits per heavy atom. The normalized spacial score (nSPS) is 14.0. The number of quaternary nitrogens is 1. The Labute approximate surface area is 530 Å². The molecule has 0 aromatic rings. The number of nitrogens with zero attached hydrogens (tertiary/aromatic N) is 1. The van der Waals surface area contributed by atoms with Gasteiger partial charge in [-0.1, -0.05) is 295 Å². The molecule has 2 unspecified atom stereocenters. The van der Waals surface area contributed by atoms with Gasteiger partial charge in [-0.3, -0.25) is 18.6 Å². The van der Waals surface area contributed by atoms with Crippen molar-refractivity contribution in [3.05, 3.63) is 134 Å². The Morgan fingerprint density at radius 1 is 0.360 bits per heavy atom. The zero-order chi connectivity index (χ0) is 62.6. The number of hydrogen-bond donors (Lipinski definition) is 1. The van der Waals surface area contributed by atoms with Crippen molar-refractivity contribution in [2.24, 2.45) is 0 Å². The van der Waals surface area contributed by atoms with Gasteiger partial charge in [-0.05, 0) is 109 Å². The van der Waals surface area contributed by atoms with E-state index in [0.717, 1.165) is 109 Å². The van der Waals surface area contributed by atoms with Crippen molar-refractivity contribution in [1.82, 2.24) is 0 Å². The van der Waals surface area contributed by atoms with E-state index in [-0.39, 0.29) is 32.0 Å². The minimum absolute atomic E-state index is 0.0196. The maximum absolute atomic E-state index is 12.8. The van der Waals surface area contributed by atoms with Gasteiger partial charge < -0.3 is 18.9 Å². The highest BCUT2D eigenvalue weighted by Gasteiger charge is 2.27. The fourth-order valence-electron chi connectivity index (χ4n) is 9.40. The zero-order valence-corrected chi connectivity index (χ0v) is 56.9. The van der Waals surface area contributed by atoms with Gasteiger partial charge in [0.2, 0.25) is 0 Å². The van der Waals surface area contributed by atoms with Crippen LogP contribution in [0.3, 0.4) is 0 Å². The number of hydrogen-bond acceptors (Lipinski definition) is 7. The lowest BCUT2D eigenvalue weighted by Crippen LogP contribution is -2.37. The smallest absolute Gasteiger partial charge is 0.462 e. The first-order valence-corrected chi connectivity index (χ1v) is 36.4. The summed E-state index contributed by atoms with van der Waals surface area (Å²) >= 11 is 0. The summed E-state index contributed by atoms with van der Waals surface area (Å²) in [7, 11) is 1.45. The molecular formula is C76H131NO8P+. The van der Waals surface area contributed by atoms with E-state index in [2.05, 4.69) is 148 Å². The minimum atomic E-state index is -4.41. The van der Waals surface area contributed by atoms with Gasteiger partial charge in [-0.2, -0.15) is 0 Å². The van der Waals surface area contributed by atoms with E-state index in [1.165, 1.54) is 141 Å². The topological polar surface area (TPSA) is 108 Å². The van der Waals surface area contributed by atoms with Gasteiger partial charge in [0.05, 0.1) is 27.7 Å². The fraction of sp³-hybridized carbons (Fsp3) is 0.684. The first-order chi connectivity index (χ1) is 42.0. The van der Waals surface area contributed by atoms with Gasteiger partial charge in [-0.25, -0.2) is 4.57 Å². The van der Waals surface area contributed by atoms with Gasteiger partial charge >= 0.3 is 19.8 Å². The van der Waals surface area contributed by atoms with Crippen LogP contribution in [-0.2, 0) is 32.7 Å². The molecule has 86 heavy (non-hydrogen) atoms. The second-order valence-electron chi connectivity index (χ2n) is 24.2. The number of rotatable bonds is 63. The molecule has 0 aliphatic rings. The summed E-state index contributed by atoms with van der Waals surface area (Å²) in [6.07, 6.45) is 95.7. The largest absolute Gasteiger partial charge is 0.472 e. The molecule has 0 aromatic carbocycles. The summed E-state index contributed by atoms with van der Waals surface area (Å²) in [6, 6.07) is 0. The molecule has 10 heteroatoms. The third-order valence-electron chi connectivity index (χ3n) is 14.7. The summed E-state index contributed by atoms with van der Waals surface area (Å²) in [5.74, 6) is -0.834. The molecule has 0 radical (unpaired) electrons. The monoisotopic (exact) mass is 1220 g/mol. The van der Waals surface area contributed by atoms with Gasteiger partial charge in [0, 0.05) is 12.8 Å². The average Bonchev–Trinajstić information content (AvgIpc) is 3.70. The van der Waals surface area contributed by atoms with Crippen molar-refractivity contribution in [3.63, 3.8) is 0 Å². The van der Waals surface area contributed by atoms with E-state index < -0.39 is 26.5 Å². The zero-order valence-electron chi connectivity index (χ0n) is 56.0. The summed E-state index contributed by atoms with van der Waals surface area (Å²) in [5, 5.41) is 0. The van der Waals surface area contributed by atoms with Crippen LogP contribution in [0.5, 0.6) is 0 Å². The maximum Gasteiger partial charge on any atom is 0.472 e. The molecule has 1 N–H and O–H groups in total. The Morgan fingerprint density at radius 2 is 0.628 bits per heavy atom. The highest BCUT2D eigenvalue weighted by molar-refractivity contribution is 7.47. The van der Waals surface area contributed by atoms with Crippen molar-refractivity contribution in [2.75, 3.05) is 47.5 Å². The standard InChI is InChI=1S/C76H130NO8P/c1-6-8-10-12-14-16-18-20-22-24-26-28-30-32-33-34-35-36-37-38-39-40-41-42-43-45-46-48-50-52-54-56-58-60-62-64-66-68-75(78)82-72-74(73-84-86(80,81)83-71-70-77(3,4)5)85-76(79)69-67-65-63-61-59-57-55-53-51-49-47-44-31-29-27-25-23-21-19-17-15-13-11-9-7-2/h8-11,14-17,20-23,26-29,44,47,51,53,57,59,74H,6-7,12-13,18-19,24-25,30-43,45-46,48-50,52,54-56,58,60-73H2,1-5H3/p+1/b10-8-,11-9-,16-14-,17-15-,22-20-,23-21-,28-26-,29-27-,47-44-,53-51-,59-57-. The third-order valence-corrected chi connectivity index (χ3v) is 15.7. The summed E-state index contributed by atoms with van der Waals surface area (Å²) in [6.45, 7) is 4.18. The van der Waals surface area contributed by atoms with Gasteiger partial charge in [0.15, 0.2) is 6.10 Å². The van der Waals surface area contributed by atoms with E-state index in [4.69, 9.17) is 18.5 Å². The van der Waals surface area contributed by atoms with Crippen LogP contribution in [0.25, 0.3) is 0 Å². The molecule has 0 heterocycles. The van der Waals surface area contributed by atoms with Crippen LogP contribution in [0.1, 0.15) is 284 Å². The van der Waals surface area contributed by atoms with Crippen LogP contribution in [0.15, 0.2) is 134 Å². The maximum atomic E-state index is 12.8. The van der Waals surface area contributed by atoms with E-state index >= 15 is 0 Å². The van der Waals surface area contributed by atoms with Crippen molar-refractivity contribution >= 4 is 19.8 Å². The lowest BCUT2D eigenvalue weighted by Gasteiger charge is -2.24. The molecule has 0 bridgehead atoms. The molecular weight excluding hydrogens is 1090 g/mol. The van der Waals surface area contributed by atoms with Crippen LogP contribution < -0.4 is 0 Å². The first-order valence-electron chi connectivity index (χ1n) is 34.9. The van der Waals surface area contributed by atoms with Crippen molar-refractivity contribution < 1.29 is 42.1 Å². The Kier molecular flexibility index (Phi) is 62.7. The summed E-state index contributed by atoms with van der Waals surface area (Å²) in [4.78, 5) is 35.8. The number of phosphoric ester groups is 1. The number of unbranched alkanes of at least 4 members (excludes halogenated alkanes) is 27. The molecule has 9 nitrogen and oxygen atoms in total. The van der Waals surface area contributed by atoms with Gasteiger partial charge in [-0.15, -0.1) is 0 Å². The first kappa shape index (κ1) is 82.1. The molecule has 0 rings (SSSR count). The molecule has 0 aliphatic carbocycles. The average molecular weight is 1220 g/mol. The molecule has 492 valence electrons. The predicted octanol–water partition coefficient (Wildman–Crippen LogP) is 22.8. The van der Waals surface area contributed by atoms with Gasteiger partial charge in [0.25, 0.3) is 0 Å². The van der Waals surface area contributed by atoms with Crippen molar-refractivity contribution in [2.45, 2.75) is 290 Å². The van der Waals surface area contributed by atoms with E-state index in [9.17, 15) is 19.0 Å². The lowest BCUT2D eigenvalue weighted by molar-refractivity contribution is -0.870. The van der Waals surface area contributed by atoms with Crippen molar-refractivity contribution in [3.8, 4) is 0 Å². The third kappa shape index (κ3) is 69.3. The molecule has 0 aliphatic heterocycles. The predicted molar refractivity (Wildman–Crippen MR) is 371 cm³/mol. The van der Waals surface area contributed by atoms with E-state index in [1.807, 2.05) is 21.1 Å². The molecule has 0 amide bonds. The SMILES string of the molecule is CC/C=C\C/C=C\C/C=C\C/C=C\C/C=C\C/C=C\C/C=C\CCCCCC(=O)OC(COC(=O)CCCCCCCCCCCCCCCCCCCCCCCCCC/C=C\C/C=C\C/C=C\C/C=C\CC)COP(=O)(O)OCC[N+](C)(C)C. The van der Waals surface area contributed by atoms with E-state index in [0.29, 0.717) is 17.4 Å². The molecule has 2 atom stereocenters. The van der Waals surface area contributed by atoms with Crippen LogP contribution in [0, 0.1) is 0 Å². The van der Waals surface area contributed by atoms with Crippen LogP contribution in [0.4, 0.5) is 0 Å². The number of allylic oxidation sites excluding steroid dienone is 22. The number of esters is 2. The number of ether oxygens (including phenoxy) is 2. The summed E-state index contributed by atoms with van der Waals surface area (Å²) < 4.78 is 34.7. The highest BCUT2D eigenvalue weighted by atomic mass is 31.2. The molecule has 0 saturated carbocycles. The minimum Gasteiger partial charge on any atom is -0.462 e. The second kappa shape index (κ2) is 65.6. The van der Waals surface area contributed by atoms with Crippen LogP contribution in [-0.4, -0.2) is 74.9 Å². The Balaban J connectivity index is 4.05. The number of carbonyl (C=O) groups excluding carboxylic acids is 2. The molecule has 0 saturated heterocycles. The Hall–Kier alpha value is -3.85. The summed E-state index contributed by atoms with van der Waals surface area (Å²) in [5.41, 5.74) is 0. The highest BCUT2D eigenvalue weighted by Crippen LogP contribution is 2.43. The molecule has 0 spiro atoms. The second-order valence-corrected chi connectivity index (χ2v) is 25.6. The molecule has 0 fully saturated rings. The van der Waals surface area contributed by atoms with E-state index in [1.54, 1.807) is 0 Å². The quantitative estimate of drug-likeness (QED) is 0.0211. The number of phosphoric acid groups is 1. The Bertz CT molecular complexity index is 1910. The van der Waals surface area contributed by atoms with Gasteiger partial charge in [0.1, 0.15) is 19.8 Å². The number of carbonyl (C=O) groups is 2. The number of likely N-dealkylation sites (N-methyl/N-ethyl adjacent to an activating group) is 1. The molecule has 0 aromatic heterocycles. The fourth-order valence-corrected chi connectivity index (χ4v) is 10.1. The van der Waals surface area contributed by atoms with Crippen LogP contribution in [0.2, 0.25) is 0 Å². The van der Waals surface area contributed by atoms with Crippen LogP contribution >= 0.6 is 7.82 Å². The lowest BCUT2D eigenvalue weighted by atomic mass is 10.0.